The summed E-state index contributed by atoms with van der Waals surface area (Å²) >= 11 is 6.05. The topological polar surface area (TPSA) is 35.2 Å². The molecule has 0 unspecified atom stereocenters. The quantitative estimate of drug-likeness (QED) is 0.380. The lowest BCUT2D eigenvalue weighted by Gasteiger charge is -2.30. The van der Waals surface area contributed by atoms with Crippen LogP contribution in [0.4, 0.5) is 4.39 Å². The van der Waals surface area contributed by atoms with Gasteiger partial charge >= 0.3 is 0 Å². The summed E-state index contributed by atoms with van der Waals surface area (Å²) in [5.74, 6) is 0.510. The average Bonchev–Trinajstić information content (AvgIpc) is 2.97. The van der Waals surface area contributed by atoms with Crippen LogP contribution in [-0.2, 0) is 10.6 Å². The highest BCUT2D eigenvalue weighted by Crippen LogP contribution is 2.50. The van der Waals surface area contributed by atoms with Crippen molar-refractivity contribution in [1.29, 1.82) is 0 Å². The van der Waals surface area contributed by atoms with E-state index in [0.29, 0.717) is 17.4 Å². The maximum absolute atomic E-state index is 14.6. The van der Waals surface area contributed by atoms with Gasteiger partial charge in [0.05, 0.1) is 7.11 Å². The van der Waals surface area contributed by atoms with Crippen LogP contribution in [0.15, 0.2) is 48.6 Å². The molecule has 4 heteroatoms. The molecule has 2 nitrogen and oxygen atoms in total. The maximum atomic E-state index is 14.6. The summed E-state index contributed by atoms with van der Waals surface area (Å²) in [6.07, 6.45) is 6.13. The van der Waals surface area contributed by atoms with Crippen LogP contribution in [-0.4, -0.2) is 7.11 Å². The van der Waals surface area contributed by atoms with Crippen LogP contribution in [0, 0.1) is 5.41 Å². The lowest BCUT2D eigenvalue weighted by Crippen LogP contribution is -2.17. The maximum Gasteiger partial charge on any atom is 0.184 e. The molecule has 136 valence electrons. The van der Waals surface area contributed by atoms with Gasteiger partial charge in [0.2, 0.25) is 0 Å². The fourth-order valence-electron chi connectivity index (χ4n) is 3.72. The first-order valence-corrected chi connectivity index (χ1v) is 9.10. The molecule has 2 rings (SSSR count). The van der Waals surface area contributed by atoms with Crippen molar-refractivity contribution >= 4 is 17.2 Å². The third kappa shape index (κ3) is 4.27. The molecule has 0 aromatic heterocycles. The smallest absolute Gasteiger partial charge is 0.184 e. The number of ether oxygens (including phenoxy) is 1. The molecule has 0 saturated heterocycles. The Kier molecular flexibility index (Phi) is 6.34. The van der Waals surface area contributed by atoms with E-state index in [0.717, 1.165) is 29.5 Å². The molecular weight excluding hydrogens is 337 g/mol. The molecule has 0 amide bonds. The minimum atomic E-state index is -0.421. The summed E-state index contributed by atoms with van der Waals surface area (Å²) in [4.78, 5) is 0. The number of methoxy groups -OCH3 is 1. The van der Waals surface area contributed by atoms with Crippen LogP contribution in [0.1, 0.15) is 55.7 Å². The van der Waals surface area contributed by atoms with Crippen molar-refractivity contribution in [2.75, 3.05) is 7.11 Å². The first kappa shape index (κ1) is 19.6. The minimum Gasteiger partial charge on any atom is -0.483 e. The number of hydrogen-bond donors (Lipinski definition) is 1. The molecule has 0 aliphatic heterocycles. The van der Waals surface area contributed by atoms with E-state index in [9.17, 15) is 4.39 Å². The Labute approximate surface area is 155 Å². The highest BCUT2D eigenvalue weighted by atomic mass is 35.5. The number of hydrogen-bond acceptors (Lipinski definition) is 2. The Morgan fingerprint density at radius 1 is 1.48 bits per heavy atom. The molecule has 1 aromatic carbocycles. The molecule has 0 heterocycles. The van der Waals surface area contributed by atoms with Crippen molar-refractivity contribution in [2.24, 2.45) is 11.1 Å². The zero-order chi connectivity index (χ0) is 18.6. The number of allylic oxidation sites excluding steroid dienone is 4. The second-order valence-corrected chi connectivity index (χ2v) is 7.47. The summed E-state index contributed by atoms with van der Waals surface area (Å²) in [5, 5.41) is 0. The lowest BCUT2D eigenvalue weighted by molar-refractivity contribution is 0.288. The third-order valence-corrected chi connectivity index (χ3v) is 5.46. The van der Waals surface area contributed by atoms with Crippen molar-refractivity contribution in [3.05, 3.63) is 65.3 Å². The standard InChI is InChI=1S/C21H27ClFNO/c1-5-19(23)17(12-20(24)25-4)15-9-8-14(13-22)11-16(15)18-7-6-10-21(18,2)3/h5,8-9,11-12,18H,1,6-7,10,13,24H2,2-4H3/b19-17-,20-12+/t18-/m0/s1. The van der Waals surface area contributed by atoms with Crippen LogP contribution < -0.4 is 5.73 Å². The normalized spacial score (nSPS) is 21.0. The molecule has 1 aliphatic carbocycles. The fourth-order valence-corrected chi connectivity index (χ4v) is 3.88. The van der Waals surface area contributed by atoms with E-state index in [-0.39, 0.29) is 11.3 Å². The van der Waals surface area contributed by atoms with Gasteiger partial charge in [-0.1, -0.05) is 45.0 Å². The van der Waals surface area contributed by atoms with E-state index in [1.807, 2.05) is 12.1 Å². The molecule has 1 aromatic rings. The molecule has 0 bridgehead atoms. The molecule has 1 aliphatic rings. The van der Waals surface area contributed by atoms with Gasteiger partial charge in [0.25, 0.3) is 0 Å². The first-order valence-electron chi connectivity index (χ1n) is 8.56. The molecule has 1 fully saturated rings. The summed E-state index contributed by atoms with van der Waals surface area (Å²) < 4.78 is 19.6. The predicted octanol–water partition coefficient (Wildman–Crippen LogP) is 6.03. The fraction of sp³-hybridized carbons (Fsp3) is 0.429. The van der Waals surface area contributed by atoms with Crippen LogP contribution >= 0.6 is 11.6 Å². The Morgan fingerprint density at radius 3 is 2.72 bits per heavy atom. The number of rotatable bonds is 6. The zero-order valence-electron chi connectivity index (χ0n) is 15.2. The van der Waals surface area contributed by atoms with Crippen LogP contribution in [0.2, 0.25) is 0 Å². The number of alkyl halides is 1. The van der Waals surface area contributed by atoms with E-state index < -0.39 is 5.83 Å². The Morgan fingerprint density at radius 2 is 2.20 bits per heavy atom. The zero-order valence-corrected chi connectivity index (χ0v) is 16.0. The lowest BCUT2D eigenvalue weighted by atomic mass is 9.75. The molecule has 0 spiro atoms. The Balaban J connectivity index is 2.69. The molecule has 2 N–H and O–H groups in total. The summed E-state index contributed by atoms with van der Waals surface area (Å²) in [6, 6.07) is 5.97. The number of benzene rings is 1. The van der Waals surface area contributed by atoms with Crippen molar-refractivity contribution in [2.45, 2.75) is 44.9 Å². The van der Waals surface area contributed by atoms with Gasteiger partial charge in [-0.2, -0.15) is 0 Å². The second kappa shape index (κ2) is 8.09. The van der Waals surface area contributed by atoms with Gasteiger partial charge in [-0.05, 0) is 46.9 Å². The van der Waals surface area contributed by atoms with Gasteiger partial charge in [-0.15, -0.1) is 11.6 Å². The van der Waals surface area contributed by atoms with Gasteiger partial charge in [-0.3, -0.25) is 0 Å². The Bertz CT molecular complexity index is 706. The van der Waals surface area contributed by atoms with Gasteiger partial charge < -0.3 is 10.5 Å². The molecule has 0 radical (unpaired) electrons. The van der Waals surface area contributed by atoms with E-state index >= 15 is 0 Å². The SMILES string of the molecule is C=C/C(F)=C(\C=C(/N)OC)c1ccc(CCl)cc1[C@@H]1CCCC1(C)C. The summed E-state index contributed by atoms with van der Waals surface area (Å²) in [7, 11) is 1.47. The largest absolute Gasteiger partial charge is 0.483 e. The monoisotopic (exact) mass is 363 g/mol. The van der Waals surface area contributed by atoms with Gasteiger partial charge in [0.1, 0.15) is 5.83 Å². The van der Waals surface area contributed by atoms with Crippen molar-refractivity contribution in [3.8, 4) is 0 Å². The average molecular weight is 364 g/mol. The highest BCUT2D eigenvalue weighted by molar-refractivity contribution is 6.17. The molecule has 1 saturated carbocycles. The third-order valence-electron chi connectivity index (χ3n) is 5.15. The van der Waals surface area contributed by atoms with E-state index in [1.54, 1.807) is 0 Å². The van der Waals surface area contributed by atoms with Crippen LogP contribution in [0.5, 0.6) is 0 Å². The van der Waals surface area contributed by atoms with E-state index in [2.05, 4.69) is 26.5 Å². The summed E-state index contributed by atoms with van der Waals surface area (Å²) in [6.45, 7) is 8.11. The Hall–Kier alpha value is -1.74. The predicted molar refractivity (Wildman–Crippen MR) is 104 cm³/mol. The van der Waals surface area contributed by atoms with Gasteiger partial charge in [0.15, 0.2) is 5.88 Å². The number of nitrogens with two attached hydrogens (primary N) is 1. The van der Waals surface area contributed by atoms with Crippen LogP contribution in [0.25, 0.3) is 5.57 Å². The first-order chi connectivity index (χ1) is 11.8. The molecule has 1 atom stereocenters. The highest BCUT2D eigenvalue weighted by Gasteiger charge is 2.37. The van der Waals surface area contributed by atoms with Gasteiger partial charge in [0, 0.05) is 17.5 Å². The van der Waals surface area contributed by atoms with Crippen LogP contribution in [0.3, 0.4) is 0 Å². The minimum absolute atomic E-state index is 0.157. The van der Waals surface area contributed by atoms with Gasteiger partial charge in [-0.25, -0.2) is 4.39 Å². The van der Waals surface area contributed by atoms with Crippen molar-refractivity contribution < 1.29 is 9.13 Å². The van der Waals surface area contributed by atoms with Crippen molar-refractivity contribution in [3.63, 3.8) is 0 Å². The number of halogens is 2. The van der Waals surface area contributed by atoms with E-state index in [1.165, 1.54) is 25.7 Å². The molecular formula is C21H27ClFNO. The van der Waals surface area contributed by atoms with Crippen molar-refractivity contribution in [1.82, 2.24) is 0 Å². The molecule has 25 heavy (non-hydrogen) atoms. The van der Waals surface area contributed by atoms with E-state index in [4.69, 9.17) is 22.1 Å². The summed E-state index contributed by atoms with van der Waals surface area (Å²) in [5.41, 5.74) is 9.33. The second-order valence-electron chi connectivity index (χ2n) is 7.21.